The van der Waals surface area contributed by atoms with Crippen molar-refractivity contribution < 1.29 is 18.3 Å². The molecule has 0 amide bonds. The number of esters is 1. The van der Waals surface area contributed by atoms with Crippen molar-refractivity contribution in [3.8, 4) is 0 Å². The lowest BCUT2D eigenvalue weighted by molar-refractivity contribution is 0.0602. The third-order valence-electron chi connectivity index (χ3n) is 3.45. The average molecular weight is 356 g/mol. The Morgan fingerprint density at radius 2 is 1.69 bits per heavy atom. The molecule has 0 fully saturated rings. The van der Waals surface area contributed by atoms with Crippen molar-refractivity contribution in [2.75, 3.05) is 17.7 Å². The fraction of sp³-hybridized carbons (Fsp3) is 0.0556. The molecule has 2 N–H and O–H groups in total. The van der Waals surface area contributed by atoms with E-state index in [1.165, 1.54) is 19.5 Å². The number of nitrogens with zero attached hydrogens (tertiary/aromatic N) is 2. The van der Waals surface area contributed by atoms with E-state index in [9.17, 15) is 13.6 Å². The zero-order chi connectivity index (χ0) is 18.5. The van der Waals surface area contributed by atoms with Crippen LogP contribution in [-0.4, -0.2) is 23.0 Å². The number of anilines is 4. The maximum absolute atomic E-state index is 13.3. The number of methoxy groups -OCH3 is 1. The Kier molecular flexibility index (Phi) is 5.02. The van der Waals surface area contributed by atoms with Gasteiger partial charge in [-0.2, -0.15) is 0 Å². The number of halogens is 2. The summed E-state index contributed by atoms with van der Waals surface area (Å²) in [6.07, 6.45) is 1.30. The van der Waals surface area contributed by atoms with Crippen LogP contribution in [0.1, 0.15) is 10.4 Å². The summed E-state index contributed by atoms with van der Waals surface area (Å²) in [6, 6.07) is 11.8. The van der Waals surface area contributed by atoms with Gasteiger partial charge in [0.1, 0.15) is 18.0 Å². The smallest absolute Gasteiger partial charge is 0.339 e. The molecule has 0 unspecified atom stereocenters. The normalized spacial score (nSPS) is 10.3. The first-order valence-electron chi connectivity index (χ1n) is 7.55. The molecule has 0 spiro atoms. The predicted molar refractivity (Wildman–Crippen MR) is 92.7 cm³/mol. The van der Waals surface area contributed by atoms with E-state index in [0.29, 0.717) is 28.6 Å². The second kappa shape index (κ2) is 7.56. The SMILES string of the molecule is COC(=O)c1ccccc1Nc1cc(Nc2ccc(F)c(F)c2)ncn1. The highest BCUT2D eigenvalue weighted by Crippen LogP contribution is 2.23. The number of benzene rings is 2. The Hall–Kier alpha value is -3.55. The first-order valence-corrected chi connectivity index (χ1v) is 7.55. The molecule has 8 heteroatoms. The lowest BCUT2D eigenvalue weighted by Gasteiger charge is -2.11. The average Bonchev–Trinajstić information content (AvgIpc) is 2.65. The minimum absolute atomic E-state index is 0.337. The van der Waals surface area contributed by atoms with Gasteiger partial charge in [-0.25, -0.2) is 23.5 Å². The molecule has 1 heterocycles. The van der Waals surface area contributed by atoms with Crippen LogP contribution in [0.15, 0.2) is 54.9 Å². The summed E-state index contributed by atoms with van der Waals surface area (Å²) in [4.78, 5) is 19.9. The predicted octanol–water partition coefficient (Wildman–Crippen LogP) is 4.03. The number of aromatic nitrogens is 2. The number of ether oxygens (including phenoxy) is 1. The highest BCUT2D eigenvalue weighted by molar-refractivity contribution is 5.96. The van der Waals surface area contributed by atoms with Gasteiger partial charge in [0.2, 0.25) is 0 Å². The van der Waals surface area contributed by atoms with Gasteiger partial charge in [-0.3, -0.25) is 0 Å². The van der Waals surface area contributed by atoms with E-state index in [1.54, 1.807) is 30.3 Å². The highest BCUT2D eigenvalue weighted by Gasteiger charge is 2.12. The second-order valence-electron chi connectivity index (χ2n) is 5.20. The van der Waals surface area contributed by atoms with Crippen molar-refractivity contribution in [3.05, 3.63) is 72.1 Å². The largest absolute Gasteiger partial charge is 0.465 e. The van der Waals surface area contributed by atoms with E-state index >= 15 is 0 Å². The molecule has 0 bridgehead atoms. The molecule has 0 saturated carbocycles. The van der Waals surface area contributed by atoms with Crippen LogP contribution in [0.5, 0.6) is 0 Å². The summed E-state index contributed by atoms with van der Waals surface area (Å²) < 4.78 is 31.0. The Balaban J connectivity index is 1.82. The van der Waals surface area contributed by atoms with Crippen LogP contribution in [0, 0.1) is 11.6 Å². The van der Waals surface area contributed by atoms with Crippen LogP contribution in [-0.2, 0) is 4.74 Å². The van der Waals surface area contributed by atoms with E-state index in [2.05, 4.69) is 20.6 Å². The van der Waals surface area contributed by atoms with Crippen LogP contribution in [0.2, 0.25) is 0 Å². The second-order valence-corrected chi connectivity index (χ2v) is 5.20. The van der Waals surface area contributed by atoms with E-state index < -0.39 is 17.6 Å². The fourth-order valence-corrected chi connectivity index (χ4v) is 2.23. The lowest BCUT2D eigenvalue weighted by Crippen LogP contribution is -2.06. The van der Waals surface area contributed by atoms with Crippen molar-refractivity contribution in [3.63, 3.8) is 0 Å². The van der Waals surface area contributed by atoms with Crippen LogP contribution < -0.4 is 10.6 Å². The van der Waals surface area contributed by atoms with Crippen LogP contribution >= 0.6 is 0 Å². The van der Waals surface area contributed by atoms with Crippen molar-refractivity contribution in [1.82, 2.24) is 9.97 Å². The van der Waals surface area contributed by atoms with Crippen LogP contribution in [0.4, 0.5) is 31.8 Å². The van der Waals surface area contributed by atoms with Crippen LogP contribution in [0.25, 0.3) is 0 Å². The van der Waals surface area contributed by atoms with E-state index in [1.807, 2.05) is 0 Å². The monoisotopic (exact) mass is 356 g/mol. The number of para-hydroxylation sites is 1. The molecule has 6 nitrogen and oxygen atoms in total. The molecule has 132 valence electrons. The summed E-state index contributed by atoms with van der Waals surface area (Å²) in [6.45, 7) is 0. The standard InChI is InChI=1S/C18H14F2N4O2/c1-26-18(25)12-4-2-3-5-15(12)24-17-9-16(21-10-22-17)23-11-6-7-13(19)14(20)8-11/h2-10H,1H3,(H2,21,22,23,24). The quantitative estimate of drug-likeness (QED) is 0.672. The summed E-state index contributed by atoms with van der Waals surface area (Å²) >= 11 is 0. The van der Waals surface area contributed by atoms with Gasteiger partial charge in [-0.15, -0.1) is 0 Å². The topological polar surface area (TPSA) is 76.1 Å². The van der Waals surface area contributed by atoms with Crippen LogP contribution in [0.3, 0.4) is 0 Å². The molecule has 1 aromatic heterocycles. The molecular formula is C18H14F2N4O2. The first-order chi connectivity index (χ1) is 12.6. The molecule has 0 atom stereocenters. The number of carbonyl (C=O) groups excluding carboxylic acids is 1. The zero-order valence-electron chi connectivity index (χ0n) is 13.7. The number of hydrogen-bond acceptors (Lipinski definition) is 6. The highest BCUT2D eigenvalue weighted by atomic mass is 19.2. The Labute approximate surface area is 147 Å². The van der Waals surface area contributed by atoms with Crippen molar-refractivity contribution in [2.24, 2.45) is 0 Å². The third kappa shape index (κ3) is 3.92. The zero-order valence-corrected chi connectivity index (χ0v) is 13.7. The van der Waals surface area contributed by atoms with E-state index in [-0.39, 0.29) is 0 Å². The number of hydrogen-bond donors (Lipinski definition) is 2. The van der Waals surface area contributed by atoms with Gasteiger partial charge in [0, 0.05) is 17.8 Å². The number of nitrogens with one attached hydrogen (secondary N) is 2. The molecule has 26 heavy (non-hydrogen) atoms. The van der Waals surface area contributed by atoms with Gasteiger partial charge >= 0.3 is 5.97 Å². The molecule has 0 aliphatic carbocycles. The minimum Gasteiger partial charge on any atom is -0.465 e. The summed E-state index contributed by atoms with van der Waals surface area (Å²) in [7, 11) is 1.30. The molecule has 2 aromatic carbocycles. The molecule has 3 aromatic rings. The number of carbonyl (C=O) groups is 1. The maximum Gasteiger partial charge on any atom is 0.339 e. The van der Waals surface area contributed by atoms with Gasteiger partial charge in [0.05, 0.1) is 18.4 Å². The van der Waals surface area contributed by atoms with Gasteiger partial charge < -0.3 is 15.4 Å². The minimum atomic E-state index is -0.964. The molecule has 0 aliphatic heterocycles. The molecule has 3 rings (SSSR count). The number of rotatable bonds is 5. The molecule has 0 aliphatic rings. The Morgan fingerprint density at radius 1 is 0.962 bits per heavy atom. The van der Waals surface area contributed by atoms with Gasteiger partial charge in [0.25, 0.3) is 0 Å². The Morgan fingerprint density at radius 3 is 2.42 bits per heavy atom. The summed E-state index contributed by atoms with van der Waals surface area (Å²) in [5.41, 5.74) is 1.20. The van der Waals surface area contributed by atoms with Gasteiger partial charge in [-0.1, -0.05) is 12.1 Å². The van der Waals surface area contributed by atoms with Crippen molar-refractivity contribution in [2.45, 2.75) is 0 Å². The molecule has 0 radical (unpaired) electrons. The maximum atomic E-state index is 13.3. The Bertz CT molecular complexity index is 950. The first kappa shape index (κ1) is 17.3. The third-order valence-corrected chi connectivity index (χ3v) is 3.45. The molecular weight excluding hydrogens is 342 g/mol. The summed E-state index contributed by atoms with van der Waals surface area (Å²) in [5, 5.41) is 5.87. The fourth-order valence-electron chi connectivity index (χ4n) is 2.23. The van der Waals surface area contributed by atoms with Gasteiger partial charge in [0.15, 0.2) is 11.6 Å². The van der Waals surface area contributed by atoms with E-state index in [0.717, 1.165) is 12.1 Å². The van der Waals surface area contributed by atoms with Crippen molar-refractivity contribution >= 4 is 29.0 Å². The van der Waals surface area contributed by atoms with Crippen molar-refractivity contribution in [1.29, 1.82) is 0 Å². The van der Waals surface area contributed by atoms with Gasteiger partial charge in [-0.05, 0) is 24.3 Å². The lowest BCUT2D eigenvalue weighted by atomic mass is 10.2. The summed E-state index contributed by atoms with van der Waals surface area (Å²) in [5.74, 6) is -1.61. The molecule has 0 saturated heterocycles. The van der Waals surface area contributed by atoms with E-state index in [4.69, 9.17) is 4.74 Å².